The number of allylic oxidation sites excluding steroid dienone is 2. The summed E-state index contributed by atoms with van der Waals surface area (Å²) in [5.74, 6) is 0.198. The minimum absolute atomic E-state index is 0.0711. The van der Waals surface area contributed by atoms with E-state index in [-0.39, 0.29) is 28.6 Å². The standard InChI is InChI=1S/C38H48O6SSi/c1-38(2,3)46(32-19-10-6-11-20-32,33-21-12-7-13-22-33)43-27-35-34-25-30(18-14-15-23-37(39)42-4)24-31(34)26-36(35)44-45(40,41)28-29-16-8-5-9-17-29/h5-13,16-22,31,34-36H,14-15,23-28H2,1-4H3/b30-18+/t31-,34-,35+,36+/m0/s1. The van der Waals surface area contributed by atoms with Crippen LogP contribution in [0.25, 0.3) is 0 Å². The molecule has 2 fully saturated rings. The zero-order valence-electron chi connectivity index (χ0n) is 27.6. The molecule has 3 aromatic carbocycles. The van der Waals surface area contributed by atoms with Crippen LogP contribution in [0.15, 0.2) is 103 Å². The van der Waals surface area contributed by atoms with Crippen molar-refractivity contribution in [2.24, 2.45) is 17.8 Å². The van der Waals surface area contributed by atoms with Crippen LogP contribution in [0.1, 0.15) is 64.9 Å². The lowest BCUT2D eigenvalue weighted by atomic mass is 9.92. The summed E-state index contributed by atoms with van der Waals surface area (Å²) in [4.78, 5) is 11.6. The first-order valence-corrected chi connectivity index (χ1v) is 20.0. The number of esters is 1. The quantitative estimate of drug-likeness (QED) is 0.0661. The first-order chi connectivity index (χ1) is 22.0. The molecule has 2 aliphatic rings. The van der Waals surface area contributed by atoms with Crippen molar-refractivity contribution >= 4 is 34.8 Å². The van der Waals surface area contributed by atoms with Gasteiger partial charge >= 0.3 is 5.97 Å². The molecule has 0 unspecified atom stereocenters. The molecular formula is C38H48O6SSi. The molecule has 0 bridgehead atoms. The Labute approximate surface area is 276 Å². The summed E-state index contributed by atoms with van der Waals surface area (Å²) in [6.45, 7) is 7.22. The molecule has 0 N–H and O–H groups in total. The number of hydrogen-bond donors (Lipinski definition) is 0. The van der Waals surface area contributed by atoms with Gasteiger partial charge in [-0.3, -0.25) is 8.98 Å². The third-order valence-electron chi connectivity index (χ3n) is 9.80. The second-order valence-electron chi connectivity index (χ2n) is 13.9. The van der Waals surface area contributed by atoms with Gasteiger partial charge in [0.05, 0.1) is 13.2 Å². The van der Waals surface area contributed by atoms with Crippen LogP contribution in [-0.2, 0) is 34.0 Å². The molecule has 2 saturated carbocycles. The first kappa shape index (κ1) is 34.3. The molecule has 0 aliphatic heterocycles. The van der Waals surface area contributed by atoms with E-state index in [0.717, 1.165) is 31.2 Å². The number of carbonyl (C=O) groups excluding carboxylic acids is 1. The molecule has 0 aromatic heterocycles. The second kappa shape index (κ2) is 14.8. The van der Waals surface area contributed by atoms with Crippen LogP contribution in [0.4, 0.5) is 0 Å². The lowest BCUT2D eigenvalue weighted by Crippen LogP contribution is -2.67. The number of carbonyl (C=O) groups is 1. The van der Waals surface area contributed by atoms with Crippen molar-refractivity contribution in [2.75, 3.05) is 13.7 Å². The zero-order chi connectivity index (χ0) is 32.8. The molecule has 0 heterocycles. The molecule has 46 heavy (non-hydrogen) atoms. The molecule has 6 nitrogen and oxygen atoms in total. The van der Waals surface area contributed by atoms with Crippen molar-refractivity contribution in [2.45, 2.75) is 76.2 Å². The van der Waals surface area contributed by atoms with Gasteiger partial charge in [-0.05, 0) is 64.9 Å². The Bertz CT molecular complexity index is 1530. The van der Waals surface area contributed by atoms with E-state index in [1.54, 1.807) is 0 Å². The van der Waals surface area contributed by atoms with Crippen LogP contribution >= 0.6 is 0 Å². The first-order valence-electron chi connectivity index (χ1n) is 16.5. The van der Waals surface area contributed by atoms with Crippen LogP contribution < -0.4 is 10.4 Å². The molecule has 3 aromatic rings. The van der Waals surface area contributed by atoms with Gasteiger partial charge in [0.1, 0.15) is 5.75 Å². The van der Waals surface area contributed by atoms with Crippen molar-refractivity contribution in [1.82, 2.24) is 0 Å². The van der Waals surface area contributed by atoms with Gasteiger partial charge in [0.15, 0.2) is 0 Å². The highest BCUT2D eigenvalue weighted by Crippen LogP contribution is 2.52. The Hall–Kier alpha value is -3.04. The third kappa shape index (κ3) is 7.90. The van der Waals surface area contributed by atoms with Crippen molar-refractivity contribution in [3.05, 3.63) is 108 Å². The molecule has 0 spiro atoms. The molecule has 0 radical (unpaired) electrons. The summed E-state index contributed by atoms with van der Waals surface area (Å²) in [5, 5.41) is 2.22. The van der Waals surface area contributed by atoms with Gasteiger partial charge in [0, 0.05) is 18.9 Å². The lowest BCUT2D eigenvalue weighted by Gasteiger charge is -2.44. The van der Waals surface area contributed by atoms with Gasteiger partial charge in [-0.25, -0.2) is 0 Å². The molecule has 2 aliphatic carbocycles. The minimum atomic E-state index is -3.81. The fourth-order valence-corrected chi connectivity index (χ4v) is 13.6. The monoisotopic (exact) mass is 660 g/mol. The average Bonchev–Trinajstić information content (AvgIpc) is 3.56. The summed E-state index contributed by atoms with van der Waals surface area (Å²) >= 11 is 0. The Morgan fingerprint density at radius 2 is 1.48 bits per heavy atom. The Kier molecular flexibility index (Phi) is 11.0. The minimum Gasteiger partial charge on any atom is -0.469 e. The fraction of sp³-hybridized carbons (Fsp3) is 0.447. The summed E-state index contributed by atoms with van der Waals surface area (Å²) in [6.07, 6.45) is 6.36. The SMILES string of the molecule is COC(=O)CCC/C=C1\C[C@H]2C[C@@H](OS(=O)(=O)Cc3ccccc3)[C@H](CO[Si](c3ccccc3)(c3ccccc3)C(C)(C)C)[C@H]2C1. The maximum absolute atomic E-state index is 13.4. The van der Waals surface area contributed by atoms with Crippen LogP contribution in [0.5, 0.6) is 0 Å². The highest BCUT2D eigenvalue weighted by atomic mass is 32.2. The van der Waals surface area contributed by atoms with Crippen LogP contribution in [0.3, 0.4) is 0 Å². The van der Waals surface area contributed by atoms with E-state index in [1.807, 2.05) is 42.5 Å². The zero-order valence-corrected chi connectivity index (χ0v) is 29.4. The maximum atomic E-state index is 13.4. The Morgan fingerprint density at radius 1 is 0.891 bits per heavy atom. The van der Waals surface area contributed by atoms with Gasteiger partial charge < -0.3 is 9.16 Å². The number of fused-ring (bicyclic) bond motifs is 1. The predicted molar refractivity (Wildman–Crippen MR) is 186 cm³/mol. The summed E-state index contributed by atoms with van der Waals surface area (Å²) in [5.41, 5.74) is 2.11. The van der Waals surface area contributed by atoms with Crippen LogP contribution in [0, 0.1) is 17.8 Å². The maximum Gasteiger partial charge on any atom is 0.305 e. The number of benzene rings is 3. The van der Waals surface area contributed by atoms with Crippen LogP contribution in [-0.4, -0.2) is 42.5 Å². The predicted octanol–water partition coefficient (Wildman–Crippen LogP) is 6.79. The number of unbranched alkanes of at least 4 members (excludes halogenated alkanes) is 1. The molecule has 246 valence electrons. The van der Waals surface area contributed by atoms with Crippen molar-refractivity contribution in [3.63, 3.8) is 0 Å². The fourth-order valence-electron chi connectivity index (χ4n) is 7.70. The Balaban J connectivity index is 1.43. The topological polar surface area (TPSA) is 78.9 Å². The van der Waals surface area contributed by atoms with Crippen molar-refractivity contribution in [3.8, 4) is 0 Å². The number of methoxy groups -OCH3 is 1. The van der Waals surface area contributed by atoms with Crippen LogP contribution in [0.2, 0.25) is 5.04 Å². The average molecular weight is 661 g/mol. The summed E-state index contributed by atoms with van der Waals surface area (Å²) in [7, 11) is -5.22. The van der Waals surface area contributed by atoms with E-state index >= 15 is 0 Å². The largest absolute Gasteiger partial charge is 0.469 e. The molecule has 0 amide bonds. The van der Waals surface area contributed by atoms with Gasteiger partial charge in [-0.2, -0.15) is 8.42 Å². The molecule has 5 rings (SSSR count). The van der Waals surface area contributed by atoms with Crippen molar-refractivity contribution < 1.29 is 26.6 Å². The van der Waals surface area contributed by atoms with E-state index < -0.39 is 24.5 Å². The smallest absolute Gasteiger partial charge is 0.305 e. The van der Waals surface area contributed by atoms with E-state index in [4.69, 9.17) is 13.3 Å². The van der Waals surface area contributed by atoms with Crippen molar-refractivity contribution in [1.29, 1.82) is 0 Å². The lowest BCUT2D eigenvalue weighted by molar-refractivity contribution is -0.140. The van der Waals surface area contributed by atoms with E-state index in [0.29, 0.717) is 25.4 Å². The highest BCUT2D eigenvalue weighted by molar-refractivity contribution is 7.85. The summed E-state index contributed by atoms with van der Waals surface area (Å²) in [6, 6.07) is 30.4. The molecule has 0 saturated heterocycles. The Morgan fingerprint density at radius 3 is 2.04 bits per heavy atom. The number of ether oxygens (including phenoxy) is 1. The third-order valence-corrected chi connectivity index (χ3v) is 16.0. The number of rotatable bonds is 13. The van der Waals surface area contributed by atoms with Gasteiger partial charge in [0.25, 0.3) is 18.4 Å². The van der Waals surface area contributed by atoms with E-state index in [1.165, 1.54) is 23.1 Å². The van der Waals surface area contributed by atoms with E-state index in [9.17, 15) is 13.2 Å². The molecular weight excluding hydrogens is 613 g/mol. The molecule has 8 heteroatoms. The van der Waals surface area contributed by atoms with Gasteiger partial charge in [0.2, 0.25) is 0 Å². The second-order valence-corrected chi connectivity index (χ2v) is 19.8. The van der Waals surface area contributed by atoms with E-state index in [2.05, 4.69) is 75.4 Å². The van der Waals surface area contributed by atoms with Gasteiger partial charge in [-0.1, -0.05) is 123 Å². The molecule has 4 atom stereocenters. The van der Waals surface area contributed by atoms with Gasteiger partial charge in [-0.15, -0.1) is 0 Å². The highest BCUT2D eigenvalue weighted by Gasteiger charge is 2.53. The normalized spacial score (nSPS) is 22.6. The summed E-state index contributed by atoms with van der Waals surface area (Å²) < 4.78 is 45.2. The number of hydrogen-bond acceptors (Lipinski definition) is 6.